The number of aryl methyl sites for hydroxylation is 3. The van der Waals surface area contributed by atoms with Crippen molar-refractivity contribution in [1.82, 2.24) is 4.57 Å². The summed E-state index contributed by atoms with van der Waals surface area (Å²) in [5.74, 6) is 0.935. The van der Waals surface area contributed by atoms with Crippen molar-refractivity contribution in [3.8, 4) is 5.75 Å². The molecular formula is C21H33BrN2O. The van der Waals surface area contributed by atoms with Crippen LogP contribution in [-0.4, -0.2) is 11.7 Å². The molecule has 0 N–H and O–H groups in total. The number of benzene rings is 1. The maximum absolute atomic E-state index is 5.20. The van der Waals surface area contributed by atoms with E-state index in [1.807, 2.05) is 12.1 Å². The molecule has 2 rings (SSSR count). The van der Waals surface area contributed by atoms with E-state index in [1.54, 1.807) is 7.11 Å². The van der Waals surface area contributed by atoms with E-state index in [9.17, 15) is 0 Å². The fourth-order valence-electron chi connectivity index (χ4n) is 3.02. The summed E-state index contributed by atoms with van der Waals surface area (Å²) >= 11 is 0. The van der Waals surface area contributed by atoms with Gasteiger partial charge in [-0.2, -0.15) is 0 Å². The van der Waals surface area contributed by atoms with Crippen molar-refractivity contribution in [3.05, 3.63) is 48.5 Å². The largest absolute Gasteiger partial charge is 1.00 e. The summed E-state index contributed by atoms with van der Waals surface area (Å²) in [6.07, 6.45) is 17.0. The van der Waals surface area contributed by atoms with Crippen molar-refractivity contribution in [2.24, 2.45) is 0 Å². The Bertz CT molecular complexity index is 566. The van der Waals surface area contributed by atoms with Gasteiger partial charge in [-0.3, -0.25) is 0 Å². The molecule has 0 aliphatic heterocycles. The monoisotopic (exact) mass is 408 g/mol. The van der Waals surface area contributed by atoms with Crippen LogP contribution in [0.1, 0.15) is 57.4 Å². The van der Waals surface area contributed by atoms with Gasteiger partial charge in [-0.05, 0) is 49.8 Å². The Morgan fingerprint density at radius 1 is 0.960 bits per heavy atom. The first-order chi connectivity index (χ1) is 11.8. The lowest BCUT2D eigenvalue weighted by Crippen LogP contribution is -3.00. The van der Waals surface area contributed by atoms with Gasteiger partial charge in [-0.15, -0.1) is 0 Å². The highest BCUT2D eigenvalue weighted by molar-refractivity contribution is 5.27. The third-order valence-corrected chi connectivity index (χ3v) is 4.56. The van der Waals surface area contributed by atoms with Gasteiger partial charge >= 0.3 is 0 Å². The zero-order chi connectivity index (χ0) is 17.0. The first-order valence-corrected chi connectivity index (χ1v) is 9.49. The molecule has 0 atom stereocenters. The Labute approximate surface area is 163 Å². The van der Waals surface area contributed by atoms with Crippen LogP contribution in [0.4, 0.5) is 0 Å². The Balaban J connectivity index is 0.00000312. The molecule has 0 aliphatic carbocycles. The second kappa shape index (κ2) is 13.0. The van der Waals surface area contributed by atoms with E-state index in [0.29, 0.717) is 0 Å². The second-order valence-corrected chi connectivity index (χ2v) is 6.61. The van der Waals surface area contributed by atoms with E-state index in [2.05, 4.69) is 46.9 Å². The molecule has 0 bridgehead atoms. The zero-order valence-corrected chi connectivity index (χ0v) is 17.4. The molecule has 1 aromatic heterocycles. The molecule has 0 spiro atoms. The number of halogens is 1. The third-order valence-electron chi connectivity index (χ3n) is 4.56. The number of imidazole rings is 1. The van der Waals surface area contributed by atoms with Gasteiger partial charge < -0.3 is 21.7 Å². The predicted octanol–water partition coefficient (Wildman–Crippen LogP) is 1.78. The fraction of sp³-hybridized carbons (Fsp3) is 0.571. The number of ether oxygens (including phenoxy) is 1. The first-order valence-electron chi connectivity index (χ1n) is 9.49. The van der Waals surface area contributed by atoms with Crippen LogP contribution in [0.15, 0.2) is 43.0 Å². The standard InChI is InChI=1S/C21H33N2O.BrH/c1-3-4-5-6-8-15-22-17-18-23(19-22)16-9-7-10-20-11-13-21(24-2)14-12-20;/h11-14,17-19H,3-10,15-16H2,1-2H3;1H/q+1;/p-1. The summed E-state index contributed by atoms with van der Waals surface area (Å²) in [7, 11) is 1.71. The first kappa shape index (κ1) is 21.8. The minimum atomic E-state index is 0. The summed E-state index contributed by atoms with van der Waals surface area (Å²) in [6, 6.07) is 8.43. The van der Waals surface area contributed by atoms with Crippen LogP contribution in [-0.2, 0) is 19.5 Å². The van der Waals surface area contributed by atoms with Gasteiger partial charge in [0.25, 0.3) is 0 Å². The van der Waals surface area contributed by atoms with Gasteiger partial charge in [-0.25, -0.2) is 9.13 Å². The molecular weight excluding hydrogens is 376 g/mol. The number of methoxy groups -OCH3 is 1. The molecule has 4 heteroatoms. The van der Waals surface area contributed by atoms with Gasteiger partial charge in [0.15, 0.2) is 0 Å². The van der Waals surface area contributed by atoms with Gasteiger partial charge in [0, 0.05) is 0 Å². The molecule has 0 fully saturated rings. The molecule has 140 valence electrons. The molecule has 3 nitrogen and oxygen atoms in total. The SMILES string of the molecule is CCCCCCC[n+]1ccn(CCCCc2ccc(OC)cc2)c1.[Br-]. The smallest absolute Gasteiger partial charge is 0.243 e. The van der Waals surface area contributed by atoms with E-state index >= 15 is 0 Å². The van der Waals surface area contributed by atoms with Crippen molar-refractivity contribution < 1.29 is 26.3 Å². The van der Waals surface area contributed by atoms with Gasteiger partial charge in [0.05, 0.1) is 20.2 Å². The summed E-state index contributed by atoms with van der Waals surface area (Å²) in [5.41, 5.74) is 1.39. The molecule has 0 unspecified atom stereocenters. The van der Waals surface area contributed by atoms with Crippen LogP contribution >= 0.6 is 0 Å². The van der Waals surface area contributed by atoms with Crippen LogP contribution in [0.2, 0.25) is 0 Å². The number of rotatable bonds is 12. The lowest BCUT2D eigenvalue weighted by molar-refractivity contribution is -0.696. The highest BCUT2D eigenvalue weighted by Gasteiger charge is 2.03. The minimum Gasteiger partial charge on any atom is -1.00 e. The van der Waals surface area contributed by atoms with E-state index in [1.165, 1.54) is 50.5 Å². The average molecular weight is 409 g/mol. The van der Waals surface area contributed by atoms with Gasteiger partial charge in [-0.1, -0.05) is 38.3 Å². The summed E-state index contributed by atoms with van der Waals surface area (Å²) in [5, 5.41) is 0. The van der Waals surface area contributed by atoms with Gasteiger partial charge in [0.2, 0.25) is 6.33 Å². The van der Waals surface area contributed by atoms with E-state index in [4.69, 9.17) is 4.74 Å². The maximum Gasteiger partial charge on any atom is 0.243 e. The summed E-state index contributed by atoms with van der Waals surface area (Å²) < 4.78 is 9.84. The van der Waals surface area contributed by atoms with Crippen molar-refractivity contribution in [1.29, 1.82) is 0 Å². The molecule has 1 heterocycles. The van der Waals surface area contributed by atoms with Crippen molar-refractivity contribution in [2.75, 3.05) is 7.11 Å². The highest BCUT2D eigenvalue weighted by atomic mass is 79.9. The molecule has 0 aliphatic rings. The summed E-state index contributed by atoms with van der Waals surface area (Å²) in [6.45, 7) is 4.53. The van der Waals surface area contributed by atoms with E-state index < -0.39 is 0 Å². The maximum atomic E-state index is 5.20. The third kappa shape index (κ3) is 8.57. The molecule has 2 aromatic rings. The number of nitrogens with zero attached hydrogens (tertiary/aromatic N) is 2. The van der Waals surface area contributed by atoms with Gasteiger partial charge in [0.1, 0.15) is 18.1 Å². The number of hydrogen-bond acceptors (Lipinski definition) is 1. The second-order valence-electron chi connectivity index (χ2n) is 6.61. The number of aromatic nitrogens is 2. The Morgan fingerprint density at radius 2 is 1.72 bits per heavy atom. The molecule has 25 heavy (non-hydrogen) atoms. The Hall–Kier alpha value is -1.29. The highest BCUT2D eigenvalue weighted by Crippen LogP contribution is 2.13. The van der Waals surface area contributed by atoms with E-state index in [0.717, 1.165) is 25.3 Å². The van der Waals surface area contributed by atoms with E-state index in [-0.39, 0.29) is 17.0 Å². The zero-order valence-electron chi connectivity index (χ0n) is 15.8. The average Bonchev–Trinajstić information content (AvgIpc) is 3.07. The number of hydrogen-bond donors (Lipinski definition) is 0. The van der Waals surface area contributed by atoms with Crippen LogP contribution < -0.4 is 26.3 Å². The normalized spacial score (nSPS) is 10.5. The summed E-state index contributed by atoms with van der Waals surface area (Å²) in [4.78, 5) is 0. The van der Waals surface area contributed by atoms with Crippen molar-refractivity contribution in [2.45, 2.75) is 71.4 Å². The fourth-order valence-corrected chi connectivity index (χ4v) is 3.02. The number of unbranched alkanes of at least 4 members (excludes halogenated alkanes) is 5. The minimum absolute atomic E-state index is 0. The molecule has 0 radical (unpaired) electrons. The molecule has 1 aromatic carbocycles. The predicted molar refractivity (Wildman–Crippen MR) is 99.3 cm³/mol. The Morgan fingerprint density at radius 3 is 2.44 bits per heavy atom. The topological polar surface area (TPSA) is 18.0 Å². The van der Waals surface area contributed by atoms with Crippen LogP contribution in [0.3, 0.4) is 0 Å². The Kier molecular flexibility index (Phi) is 11.3. The molecule has 0 amide bonds. The molecule has 0 saturated carbocycles. The quantitative estimate of drug-likeness (QED) is 0.386. The van der Waals surface area contributed by atoms with Crippen LogP contribution in [0.5, 0.6) is 5.75 Å². The lowest BCUT2D eigenvalue weighted by atomic mass is 10.1. The van der Waals surface area contributed by atoms with Crippen molar-refractivity contribution >= 4 is 0 Å². The van der Waals surface area contributed by atoms with Crippen LogP contribution in [0.25, 0.3) is 0 Å². The van der Waals surface area contributed by atoms with Crippen molar-refractivity contribution in [3.63, 3.8) is 0 Å². The lowest BCUT2D eigenvalue weighted by Gasteiger charge is -2.03. The molecule has 0 saturated heterocycles. The van der Waals surface area contributed by atoms with Crippen LogP contribution in [0, 0.1) is 0 Å².